The fourth-order valence-electron chi connectivity index (χ4n) is 2.27. The monoisotopic (exact) mass is 435 g/mol. The molecule has 0 unspecified atom stereocenters. The van der Waals surface area contributed by atoms with Gasteiger partial charge in [0.2, 0.25) is 5.91 Å². The van der Waals surface area contributed by atoms with Gasteiger partial charge in [-0.2, -0.15) is 18.4 Å². The summed E-state index contributed by atoms with van der Waals surface area (Å²) in [6.45, 7) is 1.70. The number of nitrogens with one attached hydrogen (secondary N) is 2. The Morgan fingerprint density at radius 3 is 2.50 bits per heavy atom. The molecule has 8 heteroatoms. The van der Waals surface area contributed by atoms with Gasteiger partial charge in [-0.3, -0.25) is 4.79 Å². The largest absolute Gasteiger partial charge is 0.326 e. The van der Waals surface area contributed by atoms with Crippen LogP contribution in [0.1, 0.15) is 25.3 Å². The lowest BCUT2D eigenvalue weighted by atomic mass is 10.1. The molecule has 1 aliphatic rings. The van der Waals surface area contributed by atoms with Crippen molar-refractivity contribution in [3.8, 4) is 0 Å². The molecule has 0 atom stereocenters. The van der Waals surface area contributed by atoms with Crippen LogP contribution in [-0.2, 0) is 14.8 Å². The molecular formula is C18H18BrN3O3S. The first-order chi connectivity index (χ1) is 12.3. The van der Waals surface area contributed by atoms with Crippen molar-refractivity contribution >= 4 is 43.3 Å². The number of carbonyl (C=O) groups is 1. The molecule has 2 N–H and O–H groups in total. The zero-order valence-corrected chi connectivity index (χ0v) is 16.5. The van der Waals surface area contributed by atoms with E-state index in [0.29, 0.717) is 11.4 Å². The molecule has 1 saturated carbocycles. The second-order valence-corrected chi connectivity index (χ2v) is 8.67. The number of carbonyl (C=O) groups excluding carboxylic acids is 1. The Hall–Kier alpha value is -2.19. The van der Waals surface area contributed by atoms with E-state index in [0.717, 1.165) is 22.9 Å². The summed E-state index contributed by atoms with van der Waals surface area (Å²) in [5.74, 6) is 0.138. The van der Waals surface area contributed by atoms with Crippen LogP contribution in [0.15, 0.2) is 63.0 Å². The van der Waals surface area contributed by atoms with Crippen molar-refractivity contribution in [2.24, 2.45) is 11.0 Å². The molecule has 0 aliphatic heterocycles. The Balaban J connectivity index is 1.72. The molecule has 0 heterocycles. The van der Waals surface area contributed by atoms with Crippen LogP contribution in [0.4, 0.5) is 5.69 Å². The maximum atomic E-state index is 12.3. The van der Waals surface area contributed by atoms with Gasteiger partial charge in [0.25, 0.3) is 10.0 Å². The van der Waals surface area contributed by atoms with Crippen LogP contribution < -0.4 is 10.1 Å². The molecule has 0 bridgehead atoms. The van der Waals surface area contributed by atoms with Gasteiger partial charge in [0, 0.05) is 16.1 Å². The van der Waals surface area contributed by atoms with E-state index in [1.54, 1.807) is 43.3 Å². The Labute approximate surface area is 160 Å². The van der Waals surface area contributed by atoms with Gasteiger partial charge in [-0.05, 0) is 61.7 Å². The number of benzene rings is 2. The lowest BCUT2D eigenvalue weighted by molar-refractivity contribution is -0.117. The van der Waals surface area contributed by atoms with Crippen LogP contribution in [0.3, 0.4) is 0 Å². The van der Waals surface area contributed by atoms with E-state index < -0.39 is 10.0 Å². The van der Waals surface area contributed by atoms with E-state index in [1.807, 2.05) is 0 Å². The summed E-state index contributed by atoms with van der Waals surface area (Å²) in [6.07, 6.45) is 1.87. The molecule has 1 fully saturated rings. The van der Waals surface area contributed by atoms with Gasteiger partial charge in [-0.15, -0.1) is 0 Å². The van der Waals surface area contributed by atoms with Gasteiger partial charge in [0.15, 0.2) is 0 Å². The van der Waals surface area contributed by atoms with Crippen molar-refractivity contribution in [3.05, 3.63) is 58.6 Å². The van der Waals surface area contributed by atoms with Crippen LogP contribution in [0.2, 0.25) is 0 Å². The molecule has 26 heavy (non-hydrogen) atoms. The lowest BCUT2D eigenvalue weighted by Gasteiger charge is -2.08. The minimum Gasteiger partial charge on any atom is -0.326 e. The third-order valence-corrected chi connectivity index (χ3v) is 5.71. The average Bonchev–Trinajstić information content (AvgIpc) is 3.45. The number of hydrogen-bond acceptors (Lipinski definition) is 4. The van der Waals surface area contributed by atoms with Crippen LogP contribution in [0.25, 0.3) is 0 Å². The number of rotatable bonds is 6. The van der Waals surface area contributed by atoms with Crippen LogP contribution in [-0.4, -0.2) is 20.0 Å². The van der Waals surface area contributed by atoms with E-state index in [9.17, 15) is 13.2 Å². The van der Waals surface area contributed by atoms with Crippen molar-refractivity contribution < 1.29 is 13.2 Å². The fourth-order valence-corrected chi connectivity index (χ4v) is 3.39. The van der Waals surface area contributed by atoms with E-state index in [1.165, 1.54) is 12.1 Å². The molecule has 2 aromatic carbocycles. The second-order valence-electron chi connectivity index (χ2n) is 6.09. The molecular weight excluding hydrogens is 418 g/mol. The number of hydrazone groups is 1. The first-order valence-electron chi connectivity index (χ1n) is 8.08. The van der Waals surface area contributed by atoms with Gasteiger partial charge >= 0.3 is 0 Å². The van der Waals surface area contributed by atoms with E-state index in [-0.39, 0.29) is 16.7 Å². The zero-order valence-electron chi connectivity index (χ0n) is 14.1. The minimum atomic E-state index is -3.74. The number of nitrogens with zero attached hydrogens (tertiary/aromatic N) is 1. The molecule has 2 aromatic rings. The van der Waals surface area contributed by atoms with Gasteiger partial charge in [0.1, 0.15) is 0 Å². The summed E-state index contributed by atoms with van der Waals surface area (Å²) in [6, 6.07) is 13.4. The lowest BCUT2D eigenvalue weighted by Crippen LogP contribution is -2.20. The average molecular weight is 436 g/mol. The predicted molar refractivity (Wildman–Crippen MR) is 104 cm³/mol. The van der Waals surface area contributed by atoms with Crippen LogP contribution in [0.5, 0.6) is 0 Å². The molecule has 0 aromatic heterocycles. The van der Waals surface area contributed by atoms with Gasteiger partial charge in [-0.25, -0.2) is 0 Å². The Morgan fingerprint density at radius 2 is 1.85 bits per heavy atom. The second kappa shape index (κ2) is 7.59. The number of sulfonamides is 1. The van der Waals surface area contributed by atoms with Gasteiger partial charge in [-0.1, -0.05) is 28.1 Å². The topological polar surface area (TPSA) is 87.6 Å². The summed E-state index contributed by atoms with van der Waals surface area (Å²) in [5.41, 5.74) is 1.88. The zero-order chi connectivity index (χ0) is 18.7. The Morgan fingerprint density at radius 1 is 1.15 bits per heavy atom. The first kappa shape index (κ1) is 18.6. The van der Waals surface area contributed by atoms with Crippen LogP contribution >= 0.6 is 15.9 Å². The highest BCUT2D eigenvalue weighted by Crippen LogP contribution is 2.30. The van der Waals surface area contributed by atoms with Crippen LogP contribution in [0, 0.1) is 5.92 Å². The smallest absolute Gasteiger partial charge is 0.276 e. The van der Waals surface area contributed by atoms with Crippen molar-refractivity contribution in [2.45, 2.75) is 24.7 Å². The third-order valence-electron chi connectivity index (χ3n) is 3.95. The molecule has 0 radical (unpaired) electrons. The summed E-state index contributed by atoms with van der Waals surface area (Å²) < 4.78 is 25.4. The molecule has 3 rings (SSSR count). The van der Waals surface area contributed by atoms with E-state index in [4.69, 9.17) is 0 Å². The Bertz CT molecular complexity index is 952. The number of anilines is 1. The number of amides is 1. The first-order valence-corrected chi connectivity index (χ1v) is 10.4. The summed E-state index contributed by atoms with van der Waals surface area (Å²) in [7, 11) is -3.74. The molecule has 136 valence electrons. The summed E-state index contributed by atoms with van der Waals surface area (Å²) in [5, 5.41) is 6.85. The van der Waals surface area contributed by atoms with Crippen molar-refractivity contribution in [1.29, 1.82) is 0 Å². The van der Waals surface area contributed by atoms with Crippen molar-refractivity contribution in [2.75, 3.05) is 5.32 Å². The number of hydrogen-bond donors (Lipinski definition) is 2. The summed E-state index contributed by atoms with van der Waals surface area (Å²) in [4.78, 5) is 14.2. The van der Waals surface area contributed by atoms with Gasteiger partial charge in [0.05, 0.1) is 10.6 Å². The molecule has 0 spiro atoms. The molecule has 1 aliphatic carbocycles. The third kappa shape index (κ3) is 4.70. The summed E-state index contributed by atoms with van der Waals surface area (Å²) >= 11 is 3.27. The normalized spacial score (nSPS) is 14.8. The quantitative estimate of drug-likeness (QED) is 0.537. The molecule has 0 saturated heterocycles. The maximum Gasteiger partial charge on any atom is 0.276 e. The fraction of sp³-hybridized carbons (Fsp3) is 0.222. The van der Waals surface area contributed by atoms with E-state index in [2.05, 4.69) is 31.2 Å². The standard InChI is InChI=1S/C18H18BrN3O3S/c1-12(21-22-26(24,25)17-9-7-15(19)8-10-17)14-3-2-4-16(11-14)20-18(23)13-5-6-13/h2-4,7-11,13,22H,5-6H2,1H3,(H,20,23)/b21-12-. The Kier molecular flexibility index (Phi) is 5.43. The molecule has 6 nitrogen and oxygen atoms in total. The number of halogens is 1. The van der Waals surface area contributed by atoms with Crippen molar-refractivity contribution in [1.82, 2.24) is 4.83 Å². The predicted octanol–water partition coefficient (Wildman–Crippen LogP) is 3.50. The highest BCUT2D eigenvalue weighted by molar-refractivity contribution is 9.10. The van der Waals surface area contributed by atoms with Gasteiger partial charge < -0.3 is 5.32 Å². The van der Waals surface area contributed by atoms with E-state index >= 15 is 0 Å². The van der Waals surface area contributed by atoms with Crippen molar-refractivity contribution in [3.63, 3.8) is 0 Å². The highest BCUT2D eigenvalue weighted by Gasteiger charge is 2.29. The SMILES string of the molecule is C/C(=N/NS(=O)(=O)c1ccc(Br)cc1)c1cccc(NC(=O)C2CC2)c1. The maximum absolute atomic E-state index is 12.3. The molecule has 1 amide bonds. The minimum absolute atomic E-state index is 0.0210. The highest BCUT2D eigenvalue weighted by atomic mass is 79.9.